The average molecular weight is 341 g/mol. The van der Waals surface area contributed by atoms with Gasteiger partial charge in [-0.05, 0) is 6.92 Å². The summed E-state index contributed by atoms with van der Waals surface area (Å²) in [6, 6.07) is 9.62. The van der Waals surface area contributed by atoms with E-state index in [1.807, 2.05) is 30.3 Å². The number of nitrogens with zero attached hydrogens (tertiary/aromatic N) is 3. The Hall–Kier alpha value is -3.00. The summed E-state index contributed by atoms with van der Waals surface area (Å²) in [5.41, 5.74) is 6.71. The van der Waals surface area contributed by atoms with Crippen LogP contribution in [0.15, 0.2) is 42.7 Å². The summed E-state index contributed by atoms with van der Waals surface area (Å²) in [7, 11) is 1.71. The van der Waals surface area contributed by atoms with Crippen molar-refractivity contribution in [2.75, 3.05) is 0 Å². The molecule has 8 heteroatoms. The molecule has 0 radical (unpaired) electrons. The highest BCUT2D eigenvalue weighted by atomic mass is 32.1. The predicted octanol–water partition coefficient (Wildman–Crippen LogP) is 1.93. The van der Waals surface area contributed by atoms with E-state index in [-0.39, 0.29) is 0 Å². The zero-order valence-electron chi connectivity index (χ0n) is 13.1. The molecule has 3 rings (SSSR count). The maximum absolute atomic E-state index is 12.3. The Labute approximate surface area is 142 Å². The standard InChI is InChI=1S/C16H15N5O2S/c1-10-13(24-16(18-10)11-6-4-3-5-7-11)15(23)20-19-14(22)12-8-17-21(2)9-12/h3-9H,1-2H3,(H,19,22)(H,20,23). The van der Waals surface area contributed by atoms with Gasteiger partial charge in [0.25, 0.3) is 11.8 Å². The molecular formula is C16H15N5O2S. The fourth-order valence-corrected chi connectivity index (χ4v) is 3.06. The van der Waals surface area contributed by atoms with Gasteiger partial charge in [-0.15, -0.1) is 11.3 Å². The van der Waals surface area contributed by atoms with Crippen molar-refractivity contribution in [2.45, 2.75) is 6.92 Å². The second-order valence-electron chi connectivity index (χ2n) is 5.11. The Bertz CT molecular complexity index is 885. The molecule has 0 aliphatic rings. The quantitative estimate of drug-likeness (QED) is 0.713. The number of nitrogens with one attached hydrogen (secondary N) is 2. The number of aryl methyl sites for hydroxylation is 2. The van der Waals surface area contributed by atoms with Crippen LogP contribution in [-0.2, 0) is 7.05 Å². The van der Waals surface area contributed by atoms with Gasteiger partial charge in [0.2, 0.25) is 0 Å². The summed E-state index contributed by atoms with van der Waals surface area (Å²) in [6.45, 7) is 1.76. The molecule has 2 amide bonds. The lowest BCUT2D eigenvalue weighted by atomic mass is 10.2. The third-order valence-corrected chi connectivity index (χ3v) is 4.49. The maximum atomic E-state index is 12.3. The van der Waals surface area contributed by atoms with Crippen LogP contribution in [0.2, 0.25) is 0 Å². The van der Waals surface area contributed by atoms with Crippen LogP contribution in [0.5, 0.6) is 0 Å². The molecule has 0 unspecified atom stereocenters. The van der Waals surface area contributed by atoms with E-state index in [2.05, 4.69) is 20.9 Å². The van der Waals surface area contributed by atoms with E-state index in [4.69, 9.17) is 0 Å². The van der Waals surface area contributed by atoms with Gasteiger partial charge in [-0.25, -0.2) is 4.98 Å². The minimum absolute atomic E-state index is 0.365. The van der Waals surface area contributed by atoms with E-state index in [0.717, 1.165) is 10.6 Å². The summed E-state index contributed by atoms with van der Waals surface area (Å²) in [5, 5.41) is 4.67. The highest BCUT2D eigenvalue weighted by Gasteiger charge is 2.17. The number of thiazole rings is 1. The van der Waals surface area contributed by atoms with Crippen molar-refractivity contribution in [1.29, 1.82) is 0 Å². The molecule has 3 aromatic rings. The van der Waals surface area contributed by atoms with Crippen molar-refractivity contribution >= 4 is 23.2 Å². The Morgan fingerprint density at radius 2 is 1.83 bits per heavy atom. The Morgan fingerprint density at radius 3 is 2.50 bits per heavy atom. The van der Waals surface area contributed by atoms with Gasteiger partial charge in [0, 0.05) is 18.8 Å². The number of aromatic nitrogens is 3. The number of hydrazine groups is 1. The van der Waals surface area contributed by atoms with Gasteiger partial charge in [-0.2, -0.15) is 5.10 Å². The smallest absolute Gasteiger partial charge is 0.275 e. The van der Waals surface area contributed by atoms with Crippen LogP contribution in [0.3, 0.4) is 0 Å². The fraction of sp³-hybridized carbons (Fsp3) is 0.125. The fourth-order valence-electron chi connectivity index (χ4n) is 2.09. The zero-order valence-corrected chi connectivity index (χ0v) is 13.9. The van der Waals surface area contributed by atoms with Crippen molar-refractivity contribution < 1.29 is 9.59 Å². The van der Waals surface area contributed by atoms with E-state index in [0.29, 0.717) is 16.1 Å². The number of hydrogen-bond acceptors (Lipinski definition) is 5. The highest BCUT2D eigenvalue weighted by Crippen LogP contribution is 2.27. The molecule has 0 aliphatic carbocycles. The first-order valence-electron chi connectivity index (χ1n) is 7.17. The summed E-state index contributed by atoms with van der Waals surface area (Å²) in [4.78, 5) is 29.1. The van der Waals surface area contributed by atoms with Crippen LogP contribution >= 0.6 is 11.3 Å². The molecule has 2 heterocycles. The molecule has 0 aliphatic heterocycles. The molecule has 0 atom stereocenters. The number of benzene rings is 1. The third-order valence-electron chi connectivity index (χ3n) is 3.28. The average Bonchev–Trinajstić information content (AvgIpc) is 3.19. The van der Waals surface area contributed by atoms with E-state index in [9.17, 15) is 9.59 Å². The van der Waals surface area contributed by atoms with Gasteiger partial charge >= 0.3 is 0 Å². The highest BCUT2D eigenvalue weighted by molar-refractivity contribution is 7.17. The normalized spacial score (nSPS) is 10.4. The SMILES string of the molecule is Cc1nc(-c2ccccc2)sc1C(=O)NNC(=O)c1cnn(C)c1. The van der Waals surface area contributed by atoms with Crippen LogP contribution in [0.25, 0.3) is 10.6 Å². The Morgan fingerprint density at radius 1 is 1.12 bits per heavy atom. The molecule has 0 saturated heterocycles. The third kappa shape index (κ3) is 3.33. The van der Waals surface area contributed by atoms with Crippen molar-refractivity contribution in [3.63, 3.8) is 0 Å². The largest absolute Gasteiger partial charge is 0.281 e. The monoisotopic (exact) mass is 341 g/mol. The zero-order chi connectivity index (χ0) is 17.1. The molecule has 2 N–H and O–H groups in total. The van der Waals surface area contributed by atoms with Gasteiger partial charge in [-0.3, -0.25) is 25.1 Å². The first-order valence-corrected chi connectivity index (χ1v) is 7.98. The molecule has 7 nitrogen and oxygen atoms in total. The topological polar surface area (TPSA) is 88.9 Å². The summed E-state index contributed by atoms with van der Waals surface area (Å²) in [5.74, 6) is -0.827. The lowest BCUT2D eigenvalue weighted by molar-refractivity contribution is 0.0848. The number of carbonyl (C=O) groups excluding carboxylic acids is 2. The van der Waals surface area contributed by atoms with Crippen LogP contribution in [0.4, 0.5) is 0 Å². The van der Waals surface area contributed by atoms with Crippen molar-refractivity contribution in [1.82, 2.24) is 25.6 Å². The Balaban J connectivity index is 1.69. The van der Waals surface area contributed by atoms with Crippen molar-refractivity contribution in [2.24, 2.45) is 7.05 Å². The minimum Gasteiger partial charge on any atom is -0.275 e. The van der Waals surface area contributed by atoms with Crippen molar-refractivity contribution in [3.05, 3.63) is 58.9 Å². The van der Waals surface area contributed by atoms with Crippen LogP contribution in [0.1, 0.15) is 25.7 Å². The predicted molar refractivity (Wildman–Crippen MR) is 90.4 cm³/mol. The molecule has 0 fully saturated rings. The number of carbonyl (C=O) groups is 2. The first kappa shape index (κ1) is 15.9. The summed E-state index contributed by atoms with van der Waals surface area (Å²) in [6.07, 6.45) is 2.99. The number of rotatable bonds is 3. The van der Waals surface area contributed by atoms with Gasteiger partial charge < -0.3 is 0 Å². The lowest BCUT2D eigenvalue weighted by Crippen LogP contribution is -2.41. The molecule has 0 saturated carbocycles. The molecule has 1 aromatic carbocycles. The lowest BCUT2D eigenvalue weighted by Gasteiger charge is -2.04. The van der Waals surface area contributed by atoms with Gasteiger partial charge in [0.05, 0.1) is 17.5 Å². The molecule has 0 spiro atoms. The van der Waals surface area contributed by atoms with Crippen LogP contribution < -0.4 is 10.9 Å². The number of amides is 2. The second-order valence-corrected chi connectivity index (χ2v) is 6.11. The van der Waals surface area contributed by atoms with Gasteiger partial charge in [-0.1, -0.05) is 30.3 Å². The maximum Gasteiger partial charge on any atom is 0.281 e. The summed E-state index contributed by atoms with van der Waals surface area (Å²) < 4.78 is 1.51. The van der Waals surface area contributed by atoms with Gasteiger partial charge in [0.1, 0.15) is 9.88 Å². The molecular weight excluding hydrogens is 326 g/mol. The van der Waals surface area contributed by atoms with Crippen LogP contribution in [-0.4, -0.2) is 26.6 Å². The second kappa shape index (κ2) is 6.63. The van der Waals surface area contributed by atoms with E-state index in [1.54, 1.807) is 20.2 Å². The molecule has 24 heavy (non-hydrogen) atoms. The minimum atomic E-state index is -0.429. The number of hydrogen-bond donors (Lipinski definition) is 2. The van der Waals surface area contributed by atoms with Crippen molar-refractivity contribution in [3.8, 4) is 10.6 Å². The first-order chi connectivity index (χ1) is 11.5. The van der Waals surface area contributed by atoms with Gasteiger partial charge in [0.15, 0.2) is 0 Å². The van der Waals surface area contributed by atoms with Crippen LogP contribution in [0, 0.1) is 6.92 Å². The van der Waals surface area contributed by atoms with E-state index < -0.39 is 11.8 Å². The summed E-state index contributed by atoms with van der Waals surface area (Å²) >= 11 is 1.28. The van der Waals surface area contributed by atoms with E-state index in [1.165, 1.54) is 22.2 Å². The van der Waals surface area contributed by atoms with E-state index >= 15 is 0 Å². The molecule has 2 aromatic heterocycles. The molecule has 0 bridgehead atoms. The Kier molecular flexibility index (Phi) is 4.39. The molecule has 122 valence electrons.